The maximum Gasteiger partial charge on any atom is 0.246 e. The molecule has 96 valence electrons. The van der Waals surface area contributed by atoms with Crippen LogP contribution in [0.2, 0.25) is 0 Å². The molecule has 2 unspecified atom stereocenters. The highest BCUT2D eigenvalue weighted by Crippen LogP contribution is 2.26. The molecule has 2 heterocycles. The van der Waals surface area contributed by atoms with E-state index in [2.05, 4.69) is 10.6 Å². The number of carbonyl (C=O) groups excluding carboxylic acids is 1. The largest absolute Gasteiger partial charge is 0.391 e. The van der Waals surface area contributed by atoms with Crippen molar-refractivity contribution in [3.8, 4) is 0 Å². The van der Waals surface area contributed by atoms with Gasteiger partial charge in [-0.2, -0.15) is 0 Å². The molecule has 0 saturated carbocycles. The van der Waals surface area contributed by atoms with E-state index in [0.29, 0.717) is 26.1 Å². The Balaban J connectivity index is 1.70. The zero-order valence-electron chi connectivity index (χ0n) is 10.1. The fraction of sp³-hybridized carbons (Fsp3) is 0.462. The van der Waals surface area contributed by atoms with Crippen LogP contribution in [0, 0.1) is 0 Å². The third-order valence-corrected chi connectivity index (χ3v) is 3.53. The minimum Gasteiger partial charge on any atom is -0.391 e. The average Bonchev–Trinajstić information content (AvgIpc) is 2.84. The van der Waals surface area contributed by atoms with E-state index in [-0.39, 0.29) is 18.1 Å². The smallest absolute Gasteiger partial charge is 0.246 e. The van der Waals surface area contributed by atoms with Crippen molar-refractivity contribution in [3.63, 3.8) is 0 Å². The van der Waals surface area contributed by atoms with E-state index in [1.54, 1.807) is 4.90 Å². The maximum absolute atomic E-state index is 12.3. The molecular weight excluding hydrogens is 230 g/mol. The number of carbonyl (C=O) groups is 1. The van der Waals surface area contributed by atoms with Gasteiger partial charge in [0.2, 0.25) is 5.91 Å². The van der Waals surface area contributed by atoms with Crippen molar-refractivity contribution >= 4 is 17.3 Å². The number of rotatable bonds is 1. The number of nitrogens with one attached hydrogen (secondary N) is 2. The lowest BCUT2D eigenvalue weighted by Crippen LogP contribution is -2.47. The lowest BCUT2D eigenvalue weighted by molar-refractivity contribution is -0.131. The van der Waals surface area contributed by atoms with Crippen LogP contribution in [0.4, 0.5) is 11.4 Å². The molecule has 3 N–H and O–H groups in total. The van der Waals surface area contributed by atoms with Gasteiger partial charge in [0, 0.05) is 19.6 Å². The van der Waals surface area contributed by atoms with E-state index in [1.165, 1.54) is 0 Å². The number of aliphatic hydroxyl groups excluding tert-OH is 1. The lowest BCUT2D eigenvalue weighted by Gasteiger charge is -2.30. The maximum atomic E-state index is 12.3. The predicted octanol–water partition coefficient (Wildman–Crippen LogP) is 0.486. The van der Waals surface area contributed by atoms with Gasteiger partial charge < -0.3 is 20.6 Å². The van der Waals surface area contributed by atoms with Crippen molar-refractivity contribution in [1.29, 1.82) is 0 Å². The van der Waals surface area contributed by atoms with Crippen LogP contribution >= 0.6 is 0 Å². The summed E-state index contributed by atoms with van der Waals surface area (Å²) in [5, 5.41) is 16.0. The number of amides is 1. The molecule has 3 rings (SSSR count). The molecule has 1 fully saturated rings. The highest BCUT2D eigenvalue weighted by Gasteiger charge is 2.31. The van der Waals surface area contributed by atoms with Crippen LogP contribution in [-0.4, -0.2) is 47.7 Å². The Morgan fingerprint density at radius 3 is 2.83 bits per heavy atom. The second kappa shape index (κ2) is 4.49. The summed E-state index contributed by atoms with van der Waals surface area (Å²) in [6.45, 7) is 1.70. The first-order valence-corrected chi connectivity index (χ1v) is 6.30. The molecule has 0 radical (unpaired) electrons. The highest BCUT2D eigenvalue weighted by atomic mass is 16.3. The molecule has 2 atom stereocenters. The van der Waals surface area contributed by atoms with Crippen LogP contribution < -0.4 is 10.6 Å². The minimum absolute atomic E-state index is 0.0635. The van der Waals surface area contributed by atoms with E-state index >= 15 is 0 Å². The zero-order chi connectivity index (χ0) is 12.5. The first kappa shape index (κ1) is 11.3. The molecule has 1 aromatic carbocycles. The van der Waals surface area contributed by atoms with Crippen LogP contribution in [0.25, 0.3) is 0 Å². The second-order valence-corrected chi connectivity index (χ2v) is 4.85. The fourth-order valence-electron chi connectivity index (χ4n) is 2.53. The normalized spacial score (nSPS) is 26.2. The molecule has 0 aliphatic carbocycles. The molecule has 1 saturated heterocycles. The number of aliphatic hydroxyl groups is 1. The second-order valence-electron chi connectivity index (χ2n) is 4.85. The van der Waals surface area contributed by atoms with Crippen molar-refractivity contribution in [3.05, 3.63) is 24.3 Å². The zero-order valence-corrected chi connectivity index (χ0v) is 10.1. The van der Waals surface area contributed by atoms with Gasteiger partial charge in [0.15, 0.2) is 0 Å². The number of benzene rings is 1. The molecule has 0 spiro atoms. The minimum atomic E-state index is -0.363. The Labute approximate surface area is 106 Å². The first-order chi connectivity index (χ1) is 8.74. The summed E-state index contributed by atoms with van der Waals surface area (Å²) in [5.41, 5.74) is 1.99. The molecule has 2 aliphatic rings. The molecule has 0 bridgehead atoms. The summed E-state index contributed by atoms with van der Waals surface area (Å²) in [7, 11) is 0. The molecule has 2 aliphatic heterocycles. The van der Waals surface area contributed by atoms with Gasteiger partial charge in [-0.1, -0.05) is 12.1 Å². The number of likely N-dealkylation sites (tertiary alicyclic amines) is 1. The molecule has 0 aromatic heterocycles. The van der Waals surface area contributed by atoms with Gasteiger partial charge in [0.1, 0.15) is 6.04 Å². The Morgan fingerprint density at radius 1 is 1.33 bits per heavy atom. The summed E-state index contributed by atoms with van der Waals surface area (Å²) < 4.78 is 0. The lowest BCUT2D eigenvalue weighted by atomic mass is 10.1. The van der Waals surface area contributed by atoms with Crippen LogP contribution in [0.5, 0.6) is 0 Å². The standard InChI is InChI=1S/C13H17N3O2/c17-9-5-6-16(8-9)13(18)12-7-14-10-3-1-2-4-11(10)15-12/h1-4,9,12,14-15,17H,5-8H2. The van der Waals surface area contributed by atoms with Crippen molar-refractivity contribution in [2.75, 3.05) is 30.3 Å². The topological polar surface area (TPSA) is 64.6 Å². The van der Waals surface area contributed by atoms with Crippen molar-refractivity contribution in [1.82, 2.24) is 4.90 Å². The molecule has 18 heavy (non-hydrogen) atoms. The Morgan fingerprint density at radius 2 is 2.11 bits per heavy atom. The van der Waals surface area contributed by atoms with Crippen LogP contribution in [0.3, 0.4) is 0 Å². The summed E-state index contributed by atoms with van der Waals surface area (Å²) >= 11 is 0. The van der Waals surface area contributed by atoms with Crippen LogP contribution in [-0.2, 0) is 4.79 Å². The summed E-state index contributed by atoms with van der Waals surface area (Å²) in [4.78, 5) is 14.0. The van der Waals surface area contributed by atoms with E-state index in [9.17, 15) is 9.90 Å². The van der Waals surface area contributed by atoms with Gasteiger partial charge in [-0.15, -0.1) is 0 Å². The van der Waals surface area contributed by atoms with E-state index in [0.717, 1.165) is 11.4 Å². The predicted molar refractivity (Wildman–Crippen MR) is 69.5 cm³/mol. The van der Waals surface area contributed by atoms with Gasteiger partial charge in [-0.25, -0.2) is 0 Å². The van der Waals surface area contributed by atoms with Crippen molar-refractivity contribution < 1.29 is 9.90 Å². The number of para-hydroxylation sites is 2. The Bertz CT molecular complexity index is 463. The number of hydrogen-bond donors (Lipinski definition) is 3. The quantitative estimate of drug-likeness (QED) is 0.675. The van der Waals surface area contributed by atoms with Gasteiger partial charge in [-0.05, 0) is 18.6 Å². The van der Waals surface area contributed by atoms with Crippen LogP contribution in [0.1, 0.15) is 6.42 Å². The summed E-state index contributed by atoms with van der Waals surface area (Å²) in [6, 6.07) is 7.61. The SMILES string of the molecule is O=C(C1CNc2ccccc2N1)N1CCC(O)C1. The van der Waals surface area contributed by atoms with E-state index in [1.807, 2.05) is 24.3 Å². The number of anilines is 2. The van der Waals surface area contributed by atoms with Crippen LogP contribution in [0.15, 0.2) is 24.3 Å². The number of β-amino-alcohol motifs (C(OH)–C–C–N with tert-alkyl or cyclic N) is 1. The highest BCUT2D eigenvalue weighted by molar-refractivity contribution is 5.88. The molecular formula is C13H17N3O2. The third kappa shape index (κ3) is 2.01. The molecule has 5 heteroatoms. The molecule has 1 amide bonds. The van der Waals surface area contributed by atoms with E-state index < -0.39 is 0 Å². The Kier molecular flexibility index (Phi) is 2.83. The summed E-state index contributed by atoms with van der Waals surface area (Å²) in [6.07, 6.45) is 0.320. The summed E-state index contributed by atoms with van der Waals surface area (Å²) in [5.74, 6) is 0.0635. The number of nitrogens with zero attached hydrogens (tertiary/aromatic N) is 1. The molecule has 5 nitrogen and oxygen atoms in total. The third-order valence-electron chi connectivity index (χ3n) is 3.53. The average molecular weight is 247 g/mol. The van der Waals surface area contributed by atoms with Crippen molar-refractivity contribution in [2.24, 2.45) is 0 Å². The van der Waals surface area contributed by atoms with Gasteiger partial charge in [0.05, 0.1) is 17.5 Å². The number of hydrogen-bond acceptors (Lipinski definition) is 4. The Hall–Kier alpha value is -1.75. The van der Waals surface area contributed by atoms with Gasteiger partial charge >= 0.3 is 0 Å². The van der Waals surface area contributed by atoms with Crippen molar-refractivity contribution in [2.45, 2.75) is 18.6 Å². The fourth-order valence-corrected chi connectivity index (χ4v) is 2.53. The van der Waals surface area contributed by atoms with Gasteiger partial charge in [0.25, 0.3) is 0 Å². The van der Waals surface area contributed by atoms with E-state index in [4.69, 9.17) is 0 Å². The monoisotopic (exact) mass is 247 g/mol. The first-order valence-electron chi connectivity index (χ1n) is 6.30. The number of fused-ring (bicyclic) bond motifs is 1. The molecule has 1 aromatic rings. The van der Waals surface area contributed by atoms with Gasteiger partial charge in [-0.3, -0.25) is 4.79 Å².